The number of methoxy groups -OCH3 is 2. The molecule has 0 aliphatic carbocycles. The molecule has 21 nitrogen and oxygen atoms in total. The molecule has 9 heterocycles. The molecule has 0 fully saturated rings. The van der Waals surface area contributed by atoms with E-state index in [1.807, 2.05) is 179 Å². The molecule has 25 heteroatoms. The first kappa shape index (κ1) is 87.4. The van der Waals surface area contributed by atoms with E-state index in [0.29, 0.717) is 58.6 Å². The van der Waals surface area contributed by atoms with Crippen molar-refractivity contribution in [2.24, 2.45) is 7.05 Å². The highest BCUT2D eigenvalue weighted by molar-refractivity contribution is 6.76. The summed E-state index contributed by atoms with van der Waals surface area (Å²) in [4.78, 5) is 79.0. The van der Waals surface area contributed by atoms with Crippen molar-refractivity contribution in [2.75, 3.05) is 55.2 Å². The molecule has 6 aromatic carbocycles. The lowest BCUT2D eigenvalue weighted by Crippen LogP contribution is -2.34. The van der Waals surface area contributed by atoms with Gasteiger partial charge in [0.25, 0.3) is 5.56 Å². The highest BCUT2D eigenvalue weighted by Crippen LogP contribution is 2.54. The monoisotopic (exact) mass is 1700 g/mol. The van der Waals surface area contributed by atoms with Crippen molar-refractivity contribution in [3.63, 3.8) is 0 Å². The van der Waals surface area contributed by atoms with Crippen molar-refractivity contribution in [3.05, 3.63) is 232 Å². The van der Waals surface area contributed by atoms with Crippen LogP contribution in [0.2, 0.25) is 40.8 Å². The molecule has 0 radical (unpaired) electrons. The van der Waals surface area contributed by atoms with Crippen molar-refractivity contribution < 1.29 is 47.9 Å². The number of ether oxygens (including phenoxy) is 6. The van der Waals surface area contributed by atoms with Gasteiger partial charge in [-0.25, -0.2) is 14.4 Å². The number of aryl methyl sites for hydroxylation is 3. The van der Waals surface area contributed by atoms with E-state index in [2.05, 4.69) is 98.9 Å². The fourth-order valence-electron chi connectivity index (χ4n) is 17.0. The molecular formula is C95H108Cl3N9O12Si. The first-order valence-corrected chi connectivity index (χ1v) is 45.4. The zero-order chi connectivity index (χ0) is 86.8. The van der Waals surface area contributed by atoms with E-state index < -0.39 is 61.1 Å². The van der Waals surface area contributed by atoms with Crippen molar-refractivity contribution in [3.8, 4) is 39.3 Å². The molecule has 12 aromatic rings. The maximum atomic E-state index is 13.6. The van der Waals surface area contributed by atoms with E-state index >= 15 is 0 Å². The maximum absolute atomic E-state index is 13.6. The molecule has 0 spiro atoms. The number of nitrogens with one attached hydrogen (secondary N) is 1. The van der Waals surface area contributed by atoms with Gasteiger partial charge in [0.15, 0.2) is 18.3 Å². The molecule has 3 aliphatic heterocycles. The number of nitrogens with zero attached hydrogens (tertiary/aromatic N) is 8. The van der Waals surface area contributed by atoms with Crippen LogP contribution in [-0.2, 0) is 64.7 Å². The molecular weight excluding hydrogens is 1590 g/mol. The molecule has 2 N–H and O–H groups in total. The number of anilines is 6. The van der Waals surface area contributed by atoms with Crippen LogP contribution in [0.3, 0.4) is 0 Å². The Morgan fingerprint density at radius 3 is 1.27 bits per heavy atom. The van der Waals surface area contributed by atoms with Gasteiger partial charge in [-0.3, -0.25) is 14.2 Å². The fraction of sp³-hybridized carbons (Fsp3) is 0.368. The van der Waals surface area contributed by atoms with E-state index in [1.54, 1.807) is 23.7 Å². The van der Waals surface area contributed by atoms with Gasteiger partial charge in [-0.1, -0.05) is 109 Å². The minimum atomic E-state index is -1.24. The number of rotatable bonds is 19. The lowest BCUT2D eigenvalue weighted by Gasteiger charge is -2.36. The SMILES string of the molecule is COC(=O)[C@@H](OC(C)(C)C)c1c(C)c2c3c(cc(C)n3CCN2c2cccc(=O)[nH]2)c1-c1ccc(Cl)cc1.COC(=O)[C@@H](OC(C)(C)C)c1c(C)c2c3c(cc(C)n3CCN2c2cccc(OCC[Si](C)(C)C)n2)c1-c1ccc(Cl)cc1.Cc1c([C@H](OC(C)(C)C)C(=O)O)c(-c2ccc(Cl)cc2)c2cc(C)n3c2c1N(c1cccc(=O)n1C)CC3. The number of benzene rings is 6. The number of aliphatic carboxylic acids is 1. The number of H-pyrrole nitrogens is 1. The average molecular weight is 1700 g/mol. The van der Waals surface area contributed by atoms with Gasteiger partial charge in [0, 0.05) is 138 Å². The smallest absolute Gasteiger partial charge is 0.339 e. The molecule has 630 valence electrons. The molecule has 0 amide bonds. The molecule has 0 saturated carbocycles. The van der Waals surface area contributed by atoms with Gasteiger partial charge in [-0.15, -0.1) is 0 Å². The fourth-order valence-corrected chi connectivity index (χ4v) is 18.1. The highest BCUT2D eigenvalue weighted by atomic mass is 35.5. The Hall–Kier alpha value is -10.4. The van der Waals surface area contributed by atoms with Crippen LogP contribution in [0.4, 0.5) is 34.5 Å². The summed E-state index contributed by atoms with van der Waals surface area (Å²) in [5.74, 6) is 0.894. The Morgan fingerprint density at radius 1 is 0.492 bits per heavy atom. The molecule has 15 rings (SSSR count). The zero-order valence-corrected chi connectivity index (χ0v) is 75.7. The van der Waals surface area contributed by atoms with Crippen molar-refractivity contribution >= 4 is 128 Å². The van der Waals surface area contributed by atoms with Crippen LogP contribution in [0.15, 0.2) is 155 Å². The Balaban J connectivity index is 0.000000156. The molecule has 0 bridgehead atoms. The van der Waals surface area contributed by atoms with E-state index in [4.69, 9.17) is 68.2 Å². The predicted molar refractivity (Wildman–Crippen MR) is 486 cm³/mol. The number of carboxylic acid groups (broad SMARTS) is 1. The molecule has 120 heavy (non-hydrogen) atoms. The van der Waals surface area contributed by atoms with Crippen molar-refractivity contribution in [1.82, 2.24) is 28.2 Å². The molecule has 0 saturated heterocycles. The van der Waals surface area contributed by atoms with Gasteiger partial charge in [0.2, 0.25) is 11.4 Å². The second kappa shape index (κ2) is 34.2. The third-order valence-electron chi connectivity index (χ3n) is 22.2. The number of carboxylic acids is 1. The Kier molecular flexibility index (Phi) is 24.9. The number of hydrogen-bond donors (Lipinski definition) is 2. The Labute approximate surface area is 717 Å². The number of halogens is 3. The van der Waals surface area contributed by atoms with Crippen LogP contribution in [0.25, 0.3) is 66.1 Å². The van der Waals surface area contributed by atoms with E-state index in [-0.39, 0.29) is 11.1 Å². The highest BCUT2D eigenvalue weighted by Gasteiger charge is 2.42. The summed E-state index contributed by atoms with van der Waals surface area (Å²) in [6.07, 6.45) is -3.15. The molecule has 3 atom stereocenters. The molecule has 6 aromatic heterocycles. The van der Waals surface area contributed by atoms with Crippen LogP contribution < -0.4 is 30.6 Å². The predicted octanol–water partition coefficient (Wildman–Crippen LogP) is 21.7. The first-order chi connectivity index (χ1) is 56.6. The lowest BCUT2D eigenvalue weighted by molar-refractivity contribution is -0.164. The third-order valence-corrected chi connectivity index (χ3v) is 24.6. The second-order valence-corrected chi connectivity index (χ2v) is 42.2. The summed E-state index contributed by atoms with van der Waals surface area (Å²) in [7, 11) is 3.30. The zero-order valence-electron chi connectivity index (χ0n) is 72.4. The Bertz CT molecular complexity index is 6080. The van der Waals surface area contributed by atoms with Gasteiger partial charge >= 0.3 is 17.9 Å². The van der Waals surface area contributed by atoms with Gasteiger partial charge in [0.1, 0.15) is 17.5 Å². The minimum absolute atomic E-state index is 0.106. The second-order valence-electron chi connectivity index (χ2n) is 35.3. The third kappa shape index (κ3) is 17.7. The number of aromatic amines is 1. The number of carbonyl (C=O) groups excluding carboxylic acids is 2. The summed E-state index contributed by atoms with van der Waals surface area (Å²) in [5, 5.41) is 15.3. The summed E-state index contributed by atoms with van der Waals surface area (Å²) in [6.45, 7) is 41.5. The minimum Gasteiger partial charge on any atom is -0.479 e. The van der Waals surface area contributed by atoms with Crippen molar-refractivity contribution in [2.45, 2.75) is 184 Å². The van der Waals surface area contributed by atoms with Crippen LogP contribution in [0, 0.1) is 41.5 Å². The Morgan fingerprint density at radius 2 is 0.867 bits per heavy atom. The van der Waals surface area contributed by atoms with Crippen LogP contribution >= 0.6 is 34.8 Å². The first-order valence-electron chi connectivity index (χ1n) is 40.5. The van der Waals surface area contributed by atoms with Crippen LogP contribution in [0.5, 0.6) is 5.88 Å². The standard InChI is InChI=1S/C35H44ClN3O4Si.2C30H32ClN3O4/c1-22-21-26-30(24-13-15-25(36)16-14-24)29(33(34(40)41-6)43-35(3,4)5)23(2)31-32(26)38(22)17-18-39(31)27-11-10-12-28(37-27)42-19-20-44(7,8)9;1-17-16-21-25(19-10-12-20(31)13-11-19)24(28(29(36)37-6)38-30(3,4)5)18(2)26-27(21)33(17)14-15-34(26)22-8-7-9-23(35)32-22;1-17-16-21-25(19-10-12-20(31)13-11-19)24(28(29(36)37)38-30(3,4)5)18(2)26-27(21)33(17)14-15-34(26)22-8-7-9-23(35)32(22)6/h10-16,21,33H,17-20H2,1-9H3;7-13,16,28H,14-15H2,1-6H3,(H,32,35);7-13,16,28H,14-15H2,1-6H3,(H,36,37)/t33-;2*28-/m000/s1. The maximum Gasteiger partial charge on any atom is 0.339 e. The van der Waals surface area contributed by atoms with Gasteiger partial charge in [-0.05, 0) is 233 Å². The normalized spacial score (nSPS) is 14.2. The molecule has 3 aliphatic rings. The summed E-state index contributed by atoms with van der Waals surface area (Å²) in [5.41, 5.74) is 17.2. The summed E-state index contributed by atoms with van der Waals surface area (Å²) < 4.78 is 44.5. The lowest BCUT2D eigenvalue weighted by atomic mass is 9.87. The van der Waals surface area contributed by atoms with Crippen LogP contribution in [0.1, 0.15) is 131 Å². The number of esters is 2. The largest absolute Gasteiger partial charge is 0.479 e. The number of carbonyl (C=O) groups is 3. The molecule has 0 unspecified atom stereocenters. The van der Waals surface area contributed by atoms with Gasteiger partial charge < -0.3 is 66.9 Å². The summed E-state index contributed by atoms with van der Waals surface area (Å²) >= 11 is 18.8. The van der Waals surface area contributed by atoms with E-state index in [9.17, 15) is 29.1 Å². The van der Waals surface area contributed by atoms with Gasteiger partial charge in [0.05, 0.1) is 71.2 Å². The summed E-state index contributed by atoms with van der Waals surface area (Å²) in [6, 6.07) is 46.8. The number of aromatic nitrogens is 6. The quantitative estimate of drug-likeness (QED) is 0.0568. The van der Waals surface area contributed by atoms with Crippen molar-refractivity contribution in [1.29, 1.82) is 0 Å². The topological polar surface area (TPSA) is 219 Å². The number of hydrogen-bond acceptors (Lipinski definition) is 15. The van der Waals surface area contributed by atoms with Crippen LogP contribution in [-0.4, -0.2) is 117 Å². The van der Waals surface area contributed by atoms with E-state index in [1.165, 1.54) is 26.4 Å². The average Bonchev–Trinajstić information content (AvgIpc) is 1.47. The number of pyridine rings is 3. The van der Waals surface area contributed by atoms with Gasteiger partial charge in [-0.2, -0.15) is 4.98 Å². The van der Waals surface area contributed by atoms with E-state index in [0.717, 1.165) is 165 Å².